The summed E-state index contributed by atoms with van der Waals surface area (Å²) in [5.74, 6) is -1.57. The highest BCUT2D eigenvalue weighted by Gasteiger charge is 2.31. The maximum atomic E-state index is 11.9. The van der Waals surface area contributed by atoms with E-state index in [1.807, 2.05) is 6.92 Å². The molecule has 0 aliphatic carbocycles. The Balaban J connectivity index is 2.97. The molecule has 0 amide bonds. The van der Waals surface area contributed by atoms with Crippen LogP contribution >= 0.6 is 0 Å². The number of benzene rings is 1. The van der Waals surface area contributed by atoms with Gasteiger partial charge in [0, 0.05) is 0 Å². The Hall–Kier alpha value is -2.04. The fraction of sp³-hybridized carbons (Fsp3) is 0.467. The van der Waals surface area contributed by atoms with E-state index >= 15 is 0 Å². The second-order valence-corrected chi connectivity index (χ2v) is 3.94. The summed E-state index contributed by atoms with van der Waals surface area (Å²) in [4.78, 5) is 23.8. The van der Waals surface area contributed by atoms with Gasteiger partial charge in [0.2, 0.25) is 0 Å². The lowest BCUT2D eigenvalue weighted by Gasteiger charge is -2.15. The predicted molar refractivity (Wildman–Crippen MR) is 73.6 cm³/mol. The second kappa shape index (κ2) is 8.19. The molecular weight excluding hydrogens is 260 g/mol. The maximum Gasteiger partial charge on any atom is 0.324 e. The van der Waals surface area contributed by atoms with Gasteiger partial charge in [-0.2, -0.15) is 0 Å². The van der Waals surface area contributed by atoms with E-state index in [1.165, 1.54) is 0 Å². The molecule has 0 bridgehead atoms. The van der Waals surface area contributed by atoms with Gasteiger partial charge in [-0.05, 0) is 38.5 Å². The molecule has 0 aromatic heterocycles. The molecule has 0 unspecified atom stereocenters. The van der Waals surface area contributed by atoms with Crippen molar-refractivity contribution in [2.45, 2.75) is 26.7 Å². The van der Waals surface area contributed by atoms with Gasteiger partial charge in [0.1, 0.15) is 5.75 Å². The summed E-state index contributed by atoms with van der Waals surface area (Å²) in [6.07, 6.45) is 0. The zero-order valence-electron chi connectivity index (χ0n) is 12.0. The van der Waals surface area contributed by atoms with Gasteiger partial charge in [-0.3, -0.25) is 9.59 Å². The summed E-state index contributed by atoms with van der Waals surface area (Å²) in [7, 11) is 0. The Labute approximate surface area is 118 Å². The van der Waals surface area contributed by atoms with E-state index in [4.69, 9.17) is 14.2 Å². The Morgan fingerprint density at radius 3 is 1.80 bits per heavy atom. The molecule has 5 heteroatoms. The summed E-state index contributed by atoms with van der Waals surface area (Å²) in [6, 6.07) is 6.77. The van der Waals surface area contributed by atoms with Crippen LogP contribution in [0.1, 0.15) is 32.3 Å². The first kappa shape index (κ1) is 16.0. The molecule has 5 nitrogen and oxygen atoms in total. The Morgan fingerprint density at radius 2 is 1.40 bits per heavy atom. The van der Waals surface area contributed by atoms with Crippen LogP contribution in [0.3, 0.4) is 0 Å². The molecule has 0 radical (unpaired) electrons. The Morgan fingerprint density at radius 1 is 0.900 bits per heavy atom. The number of hydrogen-bond donors (Lipinski definition) is 0. The van der Waals surface area contributed by atoms with Gasteiger partial charge in [0.15, 0.2) is 5.92 Å². The molecule has 20 heavy (non-hydrogen) atoms. The fourth-order valence-electron chi connectivity index (χ4n) is 1.74. The summed E-state index contributed by atoms with van der Waals surface area (Å²) in [5, 5.41) is 0. The topological polar surface area (TPSA) is 61.8 Å². The van der Waals surface area contributed by atoms with Crippen molar-refractivity contribution in [2.24, 2.45) is 0 Å². The minimum absolute atomic E-state index is 0.214. The highest BCUT2D eigenvalue weighted by Crippen LogP contribution is 2.22. The second-order valence-electron chi connectivity index (χ2n) is 3.94. The van der Waals surface area contributed by atoms with Gasteiger partial charge in [-0.25, -0.2) is 0 Å². The van der Waals surface area contributed by atoms with Crippen molar-refractivity contribution in [1.29, 1.82) is 0 Å². The van der Waals surface area contributed by atoms with E-state index in [0.717, 1.165) is 0 Å². The smallest absolute Gasteiger partial charge is 0.324 e. The van der Waals surface area contributed by atoms with Gasteiger partial charge in [-0.1, -0.05) is 12.1 Å². The van der Waals surface area contributed by atoms with Gasteiger partial charge < -0.3 is 14.2 Å². The molecule has 0 spiro atoms. The minimum Gasteiger partial charge on any atom is -0.494 e. The van der Waals surface area contributed by atoms with Crippen molar-refractivity contribution in [3.8, 4) is 5.75 Å². The molecule has 0 aliphatic heterocycles. The quantitative estimate of drug-likeness (QED) is 0.566. The molecule has 0 fully saturated rings. The summed E-state index contributed by atoms with van der Waals surface area (Å²) < 4.78 is 15.2. The average Bonchev–Trinajstić information content (AvgIpc) is 2.42. The fourth-order valence-corrected chi connectivity index (χ4v) is 1.74. The van der Waals surface area contributed by atoms with Crippen LogP contribution in [0, 0.1) is 0 Å². The van der Waals surface area contributed by atoms with Crippen molar-refractivity contribution in [3.05, 3.63) is 29.8 Å². The van der Waals surface area contributed by atoms with Crippen molar-refractivity contribution in [1.82, 2.24) is 0 Å². The molecule has 0 heterocycles. The first-order valence-electron chi connectivity index (χ1n) is 6.70. The highest BCUT2D eigenvalue weighted by molar-refractivity contribution is 6.00. The lowest BCUT2D eigenvalue weighted by molar-refractivity contribution is -0.156. The van der Waals surface area contributed by atoms with Crippen LogP contribution in [-0.2, 0) is 19.1 Å². The molecule has 0 atom stereocenters. The number of carbonyl (C=O) groups is 2. The van der Waals surface area contributed by atoms with Crippen LogP contribution in [-0.4, -0.2) is 31.8 Å². The van der Waals surface area contributed by atoms with Gasteiger partial charge in [0.25, 0.3) is 0 Å². The van der Waals surface area contributed by atoms with Crippen molar-refractivity contribution >= 4 is 11.9 Å². The number of rotatable bonds is 7. The molecule has 0 aliphatic rings. The largest absolute Gasteiger partial charge is 0.494 e. The Bertz CT molecular complexity index is 420. The number of carbonyl (C=O) groups excluding carboxylic acids is 2. The van der Waals surface area contributed by atoms with Crippen molar-refractivity contribution in [3.63, 3.8) is 0 Å². The van der Waals surface area contributed by atoms with E-state index in [-0.39, 0.29) is 13.2 Å². The third-order valence-electron chi connectivity index (χ3n) is 2.57. The first-order chi connectivity index (χ1) is 9.63. The Kier molecular flexibility index (Phi) is 6.56. The lowest BCUT2D eigenvalue weighted by Crippen LogP contribution is -2.26. The zero-order chi connectivity index (χ0) is 15.0. The molecule has 1 rings (SSSR count). The summed E-state index contributed by atoms with van der Waals surface area (Å²) >= 11 is 0. The predicted octanol–water partition coefficient (Wildman–Crippen LogP) is 2.30. The number of ether oxygens (including phenoxy) is 3. The lowest BCUT2D eigenvalue weighted by atomic mass is 9.99. The molecule has 0 saturated heterocycles. The monoisotopic (exact) mass is 280 g/mol. The van der Waals surface area contributed by atoms with Gasteiger partial charge in [-0.15, -0.1) is 0 Å². The zero-order valence-corrected chi connectivity index (χ0v) is 12.0. The average molecular weight is 280 g/mol. The van der Waals surface area contributed by atoms with Crippen LogP contribution in [0.2, 0.25) is 0 Å². The standard InChI is InChI=1S/C15H20O5/c1-4-18-12-9-7-11(8-10-12)13(14(16)19-5-2)15(17)20-6-3/h7-10,13H,4-6H2,1-3H3. The molecule has 0 saturated carbocycles. The van der Waals surface area contributed by atoms with E-state index in [9.17, 15) is 9.59 Å². The normalized spacial score (nSPS) is 10.2. The maximum absolute atomic E-state index is 11.9. The van der Waals surface area contributed by atoms with Crippen LogP contribution in [0.4, 0.5) is 0 Å². The van der Waals surface area contributed by atoms with E-state index < -0.39 is 17.9 Å². The number of esters is 2. The third-order valence-corrected chi connectivity index (χ3v) is 2.57. The molecule has 1 aromatic rings. The van der Waals surface area contributed by atoms with E-state index in [1.54, 1.807) is 38.1 Å². The summed E-state index contributed by atoms with van der Waals surface area (Å²) in [6.45, 7) is 6.25. The number of hydrogen-bond acceptors (Lipinski definition) is 5. The first-order valence-corrected chi connectivity index (χ1v) is 6.70. The van der Waals surface area contributed by atoms with Crippen LogP contribution in [0.15, 0.2) is 24.3 Å². The van der Waals surface area contributed by atoms with Crippen LogP contribution < -0.4 is 4.74 Å². The van der Waals surface area contributed by atoms with Crippen LogP contribution in [0.25, 0.3) is 0 Å². The SMILES string of the molecule is CCOC(=O)C(C(=O)OCC)c1ccc(OCC)cc1. The molecule has 1 aromatic carbocycles. The molecule has 110 valence electrons. The summed E-state index contributed by atoms with van der Waals surface area (Å²) in [5.41, 5.74) is 0.533. The van der Waals surface area contributed by atoms with Gasteiger partial charge in [0.05, 0.1) is 19.8 Å². The minimum atomic E-state index is -1.05. The van der Waals surface area contributed by atoms with Gasteiger partial charge >= 0.3 is 11.9 Å². The molecule has 0 N–H and O–H groups in total. The van der Waals surface area contributed by atoms with Crippen LogP contribution in [0.5, 0.6) is 5.75 Å². The van der Waals surface area contributed by atoms with Crippen molar-refractivity contribution < 1.29 is 23.8 Å². The third kappa shape index (κ3) is 4.26. The van der Waals surface area contributed by atoms with E-state index in [0.29, 0.717) is 17.9 Å². The molecular formula is C15H20O5. The van der Waals surface area contributed by atoms with E-state index in [2.05, 4.69) is 0 Å². The highest BCUT2D eigenvalue weighted by atomic mass is 16.6. The van der Waals surface area contributed by atoms with Crippen molar-refractivity contribution in [2.75, 3.05) is 19.8 Å².